The summed E-state index contributed by atoms with van der Waals surface area (Å²) >= 11 is 0. The molecule has 3 rings (SSSR count). The topological polar surface area (TPSA) is 107 Å². The lowest BCUT2D eigenvalue weighted by Gasteiger charge is -2.45. The van der Waals surface area contributed by atoms with E-state index >= 15 is 0 Å². The number of aromatic nitrogens is 1. The van der Waals surface area contributed by atoms with Crippen LogP contribution in [-0.2, 0) is 22.4 Å². The number of carboxylic acid groups (broad SMARTS) is 1. The number of aliphatic carboxylic acids is 1. The van der Waals surface area contributed by atoms with Crippen molar-refractivity contribution >= 4 is 17.8 Å². The third-order valence-corrected chi connectivity index (χ3v) is 7.06. The van der Waals surface area contributed by atoms with Crippen LogP contribution in [0.1, 0.15) is 64.1 Å². The highest BCUT2D eigenvalue weighted by molar-refractivity contribution is 5.83. The van der Waals surface area contributed by atoms with Gasteiger partial charge in [0.2, 0.25) is 0 Å². The smallest absolute Gasteiger partial charge is 0.326 e. The van der Waals surface area contributed by atoms with E-state index in [0.29, 0.717) is 26.2 Å². The van der Waals surface area contributed by atoms with Gasteiger partial charge < -0.3 is 30.3 Å². The van der Waals surface area contributed by atoms with Crippen LogP contribution in [0, 0.1) is 0 Å². The third kappa shape index (κ3) is 8.07. The molecule has 9 nitrogen and oxygen atoms in total. The van der Waals surface area contributed by atoms with E-state index in [-0.39, 0.29) is 18.1 Å². The number of hydrogen-bond donors (Lipinski definition) is 3. The molecular weight excluding hydrogens is 446 g/mol. The summed E-state index contributed by atoms with van der Waals surface area (Å²) in [6.45, 7) is 10.4. The van der Waals surface area contributed by atoms with Crippen LogP contribution in [0.4, 0.5) is 10.6 Å². The highest BCUT2D eigenvalue weighted by Gasteiger charge is 2.37. The average molecular weight is 490 g/mol. The summed E-state index contributed by atoms with van der Waals surface area (Å²) in [5.41, 5.74) is 2.42. The molecule has 35 heavy (non-hydrogen) atoms. The van der Waals surface area contributed by atoms with Crippen molar-refractivity contribution in [1.82, 2.24) is 20.1 Å². The number of carboxylic acids is 1. The van der Waals surface area contributed by atoms with Crippen LogP contribution in [0.3, 0.4) is 0 Å². The molecule has 3 unspecified atom stereocenters. The van der Waals surface area contributed by atoms with Crippen molar-refractivity contribution in [2.45, 2.75) is 83.8 Å². The van der Waals surface area contributed by atoms with E-state index in [0.717, 1.165) is 69.7 Å². The fourth-order valence-corrected chi connectivity index (χ4v) is 5.03. The Morgan fingerprint density at radius 1 is 1.26 bits per heavy atom. The summed E-state index contributed by atoms with van der Waals surface area (Å²) in [4.78, 5) is 33.1. The van der Waals surface area contributed by atoms with E-state index in [9.17, 15) is 14.7 Å². The maximum absolute atomic E-state index is 12.6. The van der Waals surface area contributed by atoms with Gasteiger partial charge in [0.15, 0.2) is 0 Å². The van der Waals surface area contributed by atoms with Crippen LogP contribution in [0.5, 0.6) is 0 Å². The van der Waals surface area contributed by atoms with E-state index in [4.69, 9.17) is 9.72 Å². The van der Waals surface area contributed by atoms with Gasteiger partial charge in [-0.25, -0.2) is 14.6 Å². The Morgan fingerprint density at radius 3 is 2.77 bits per heavy atom. The summed E-state index contributed by atoms with van der Waals surface area (Å²) < 4.78 is 5.54. The molecule has 196 valence electrons. The third-order valence-electron chi connectivity index (χ3n) is 7.06. The van der Waals surface area contributed by atoms with Crippen LogP contribution in [0.2, 0.25) is 0 Å². The Bertz CT molecular complexity index is 828. The highest BCUT2D eigenvalue weighted by Crippen LogP contribution is 2.24. The van der Waals surface area contributed by atoms with Crippen molar-refractivity contribution in [2.75, 3.05) is 44.7 Å². The molecule has 0 aliphatic carbocycles. The number of ether oxygens (including phenoxy) is 1. The number of nitrogens with zero attached hydrogens (tertiary/aromatic N) is 3. The second kappa shape index (κ2) is 13.6. The number of hydrogen-bond acceptors (Lipinski definition) is 6. The molecule has 0 saturated carbocycles. The molecule has 2 amide bonds. The number of carbonyl (C=O) groups excluding carboxylic acids is 1. The maximum Gasteiger partial charge on any atom is 0.326 e. The van der Waals surface area contributed by atoms with Crippen molar-refractivity contribution in [1.29, 1.82) is 0 Å². The largest absolute Gasteiger partial charge is 0.480 e. The normalized spacial score (nSPS) is 20.1. The number of aryl methyl sites for hydroxylation is 2. The van der Waals surface area contributed by atoms with Crippen LogP contribution in [-0.4, -0.2) is 89.4 Å². The maximum atomic E-state index is 12.6. The molecule has 9 heteroatoms. The van der Waals surface area contributed by atoms with E-state index in [1.165, 1.54) is 5.56 Å². The molecule has 1 fully saturated rings. The summed E-state index contributed by atoms with van der Waals surface area (Å²) in [5.74, 6) is 0.0481. The minimum Gasteiger partial charge on any atom is -0.480 e. The zero-order valence-corrected chi connectivity index (χ0v) is 21.6. The van der Waals surface area contributed by atoms with Gasteiger partial charge in [0.1, 0.15) is 11.9 Å². The van der Waals surface area contributed by atoms with Crippen molar-refractivity contribution in [2.24, 2.45) is 0 Å². The number of carbonyl (C=O) groups is 2. The quantitative estimate of drug-likeness (QED) is 0.345. The highest BCUT2D eigenvalue weighted by atomic mass is 16.5. The molecule has 1 aromatic heterocycles. The van der Waals surface area contributed by atoms with Gasteiger partial charge in [0.05, 0.1) is 6.61 Å². The number of rotatable bonds is 14. The predicted octanol–water partition coefficient (Wildman–Crippen LogP) is 3.14. The van der Waals surface area contributed by atoms with Crippen molar-refractivity contribution < 1.29 is 19.4 Å². The van der Waals surface area contributed by atoms with Crippen molar-refractivity contribution in [3.8, 4) is 0 Å². The summed E-state index contributed by atoms with van der Waals surface area (Å²) in [6.07, 6.45) is 6.50. The summed E-state index contributed by atoms with van der Waals surface area (Å²) in [6, 6.07) is 3.46. The second-order valence-corrected chi connectivity index (χ2v) is 9.81. The molecule has 2 aliphatic rings. The first kappa shape index (κ1) is 27.2. The van der Waals surface area contributed by atoms with E-state index in [1.807, 2.05) is 20.8 Å². The van der Waals surface area contributed by atoms with Crippen molar-refractivity contribution in [3.05, 3.63) is 23.4 Å². The molecule has 0 radical (unpaired) electrons. The number of anilines is 1. The number of unbranched alkanes of at least 4 members (excludes halogenated alkanes) is 1. The number of nitrogens with one attached hydrogen (secondary N) is 2. The number of likely N-dealkylation sites (tertiary alicyclic amines) is 1. The van der Waals surface area contributed by atoms with Crippen LogP contribution in [0.25, 0.3) is 0 Å². The number of urea groups is 1. The Labute approximate surface area is 209 Å². The van der Waals surface area contributed by atoms with Gasteiger partial charge in [0, 0.05) is 44.0 Å². The molecule has 0 aromatic carbocycles. The van der Waals surface area contributed by atoms with Gasteiger partial charge in [-0.15, -0.1) is 0 Å². The van der Waals surface area contributed by atoms with E-state index in [1.54, 1.807) is 4.90 Å². The van der Waals surface area contributed by atoms with Crippen LogP contribution in [0.15, 0.2) is 12.1 Å². The first-order chi connectivity index (χ1) is 16.9. The van der Waals surface area contributed by atoms with E-state index in [2.05, 4.69) is 27.7 Å². The molecule has 0 spiro atoms. The van der Waals surface area contributed by atoms with Crippen molar-refractivity contribution in [3.63, 3.8) is 0 Å². The van der Waals surface area contributed by atoms with Gasteiger partial charge in [0.25, 0.3) is 0 Å². The molecule has 3 atom stereocenters. The molecule has 0 bridgehead atoms. The zero-order valence-electron chi connectivity index (χ0n) is 21.6. The number of pyridine rings is 1. The first-order valence-corrected chi connectivity index (χ1v) is 13.2. The minimum atomic E-state index is -0.990. The zero-order chi connectivity index (χ0) is 25.2. The van der Waals surface area contributed by atoms with Gasteiger partial charge in [-0.05, 0) is 83.9 Å². The van der Waals surface area contributed by atoms with Crippen LogP contribution < -0.4 is 10.6 Å². The molecule has 3 N–H and O–H groups in total. The van der Waals surface area contributed by atoms with E-state index < -0.39 is 12.0 Å². The second-order valence-electron chi connectivity index (χ2n) is 9.81. The van der Waals surface area contributed by atoms with Gasteiger partial charge >= 0.3 is 12.0 Å². The molecular formula is C26H43N5O4. The molecule has 3 heterocycles. The monoisotopic (exact) mass is 489 g/mol. The SMILES string of the molecule is CCOCCN(CCCCc1ccc2c(n1)NCCC2)CCC(NC(=O)N1C(C)CC1C)C(=O)O. The fourth-order valence-electron chi connectivity index (χ4n) is 5.03. The Balaban J connectivity index is 1.45. The lowest BCUT2D eigenvalue weighted by atomic mass is 9.96. The van der Waals surface area contributed by atoms with Gasteiger partial charge in [-0.2, -0.15) is 0 Å². The molecule has 2 aliphatic heterocycles. The Hall–Kier alpha value is -2.39. The summed E-state index contributed by atoms with van der Waals surface area (Å²) in [7, 11) is 0. The Morgan fingerprint density at radius 2 is 2.06 bits per heavy atom. The predicted molar refractivity (Wildman–Crippen MR) is 137 cm³/mol. The fraction of sp³-hybridized carbons (Fsp3) is 0.731. The average Bonchev–Trinajstić information content (AvgIpc) is 2.83. The minimum absolute atomic E-state index is 0.155. The lowest BCUT2D eigenvalue weighted by Crippen LogP contribution is -2.61. The first-order valence-electron chi connectivity index (χ1n) is 13.2. The number of fused-ring (bicyclic) bond motifs is 1. The van der Waals surface area contributed by atoms with Gasteiger partial charge in [-0.3, -0.25) is 0 Å². The molecule has 1 saturated heterocycles. The standard InChI is InChI=1S/C26H43N5O4/c1-4-35-17-16-30(14-6-5-9-22-11-10-21-8-7-13-27-24(21)28-22)15-12-23(25(32)33)29-26(34)31-19(2)18-20(31)3/h10-11,19-20,23H,4-9,12-18H2,1-3H3,(H,27,28)(H,29,34)(H,32,33). The lowest BCUT2D eigenvalue weighted by molar-refractivity contribution is -0.139. The summed E-state index contributed by atoms with van der Waals surface area (Å²) in [5, 5.41) is 15.8. The van der Waals surface area contributed by atoms with Gasteiger partial charge in [-0.1, -0.05) is 6.07 Å². The van der Waals surface area contributed by atoms with Crippen LogP contribution >= 0.6 is 0 Å². The number of amides is 2. The molecule has 1 aromatic rings. The Kier molecular flexibility index (Phi) is 10.6.